The molecule has 0 atom stereocenters. The maximum absolute atomic E-state index is 5.75. The number of benzene rings is 2. The van der Waals surface area contributed by atoms with Crippen LogP contribution < -0.4 is 10.1 Å². The van der Waals surface area contributed by atoms with Crippen LogP contribution in [0.2, 0.25) is 0 Å². The van der Waals surface area contributed by atoms with Crippen LogP contribution in [0.5, 0.6) is 5.75 Å². The summed E-state index contributed by atoms with van der Waals surface area (Å²) in [4.78, 5) is 0. The van der Waals surface area contributed by atoms with Crippen molar-refractivity contribution in [3.63, 3.8) is 0 Å². The van der Waals surface area contributed by atoms with E-state index in [-0.39, 0.29) is 0 Å². The van der Waals surface area contributed by atoms with Gasteiger partial charge in [0.1, 0.15) is 12.4 Å². The number of ether oxygens (including phenoxy) is 1. The number of nitrogens with one attached hydrogen (secondary N) is 1. The molecule has 0 unspecified atom stereocenters. The molecule has 2 rings (SSSR count). The average molecular weight is 320 g/mol. The largest absolute Gasteiger partial charge is 0.491 e. The highest BCUT2D eigenvalue weighted by Crippen LogP contribution is 2.22. The molecule has 0 aliphatic heterocycles. The molecule has 0 aliphatic rings. The van der Waals surface area contributed by atoms with E-state index in [1.54, 1.807) is 0 Å². The molecular formula is C16H18BrNO. The van der Waals surface area contributed by atoms with Crippen LogP contribution in [0.3, 0.4) is 0 Å². The standard InChI is InChI=1S/C16H18BrNO/c1-12-3-6-15(7-4-12)18-9-10-19-16-8-5-14(17)11-13(16)2/h3-8,11,18H,9-10H2,1-2H3. The highest BCUT2D eigenvalue weighted by molar-refractivity contribution is 9.10. The molecule has 3 heteroatoms. The first-order valence-electron chi connectivity index (χ1n) is 6.34. The van der Waals surface area contributed by atoms with Crippen molar-refractivity contribution in [1.29, 1.82) is 0 Å². The Morgan fingerprint density at radius 2 is 1.79 bits per heavy atom. The minimum Gasteiger partial charge on any atom is -0.491 e. The Morgan fingerprint density at radius 1 is 1.05 bits per heavy atom. The van der Waals surface area contributed by atoms with Gasteiger partial charge < -0.3 is 10.1 Å². The van der Waals surface area contributed by atoms with Crippen LogP contribution in [0.15, 0.2) is 46.9 Å². The summed E-state index contributed by atoms with van der Waals surface area (Å²) in [7, 11) is 0. The van der Waals surface area contributed by atoms with Crippen molar-refractivity contribution in [3.05, 3.63) is 58.1 Å². The fourth-order valence-corrected chi connectivity index (χ4v) is 2.28. The molecule has 0 radical (unpaired) electrons. The van der Waals surface area contributed by atoms with Crippen LogP contribution in [0.4, 0.5) is 5.69 Å². The van der Waals surface area contributed by atoms with Gasteiger partial charge >= 0.3 is 0 Å². The molecule has 100 valence electrons. The minimum absolute atomic E-state index is 0.649. The molecule has 0 aromatic heterocycles. The van der Waals surface area contributed by atoms with E-state index in [0.29, 0.717) is 6.61 Å². The molecule has 0 heterocycles. The number of anilines is 1. The van der Waals surface area contributed by atoms with Crippen LogP contribution in [0.25, 0.3) is 0 Å². The lowest BCUT2D eigenvalue weighted by Gasteiger charge is -2.11. The second-order valence-electron chi connectivity index (χ2n) is 4.55. The SMILES string of the molecule is Cc1ccc(NCCOc2ccc(Br)cc2C)cc1. The molecule has 0 saturated carbocycles. The molecule has 2 nitrogen and oxygen atoms in total. The van der Waals surface area contributed by atoms with Gasteiger partial charge in [-0.3, -0.25) is 0 Å². The zero-order valence-corrected chi connectivity index (χ0v) is 12.8. The molecule has 2 aromatic rings. The summed E-state index contributed by atoms with van der Waals surface area (Å²) in [5, 5.41) is 3.34. The normalized spacial score (nSPS) is 10.3. The fourth-order valence-electron chi connectivity index (χ4n) is 1.80. The Balaban J connectivity index is 1.79. The van der Waals surface area contributed by atoms with Gasteiger partial charge in [-0.05, 0) is 49.7 Å². The molecular weight excluding hydrogens is 302 g/mol. The maximum atomic E-state index is 5.75. The minimum atomic E-state index is 0.649. The Morgan fingerprint density at radius 3 is 2.47 bits per heavy atom. The van der Waals surface area contributed by atoms with Gasteiger partial charge in [0, 0.05) is 16.7 Å². The monoisotopic (exact) mass is 319 g/mol. The molecule has 19 heavy (non-hydrogen) atoms. The first kappa shape index (κ1) is 13.9. The van der Waals surface area contributed by atoms with Crippen LogP contribution in [-0.2, 0) is 0 Å². The summed E-state index contributed by atoms with van der Waals surface area (Å²) in [6.07, 6.45) is 0. The maximum Gasteiger partial charge on any atom is 0.122 e. The summed E-state index contributed by atoms with van der Waals surface area (Å²) < 4.78 is 6.83. The first-order valence-corrected chi connectivity index (χ1v) is 7.14. The van der Waals surface area contributed by atoms with E-state index in [2.05, 4.69) is 58.5 Å². The highest BCUT2D eigenvalue weighted by atomic mass is 79.9. The van der Waals surface area contributed by atoms with Gasteiger partial charge in [0.05, 0.1) is 0 Å². The second kappa shape index (κ2) is 6.62. The van der Waals surface area contributed by atoms with Gasteiger partial charge in [-0.15, -0.1) is 0 Å². The topological polar surface area (TPSA) is 21.3 Å². The Hall–Kier alpha value is -1.48. The molecule has 0 bridgehead atoms. The third-order valence-corrected chi connectivity index (χ3v) is 3.37. The van der Waals surface area contributed by atoms with Crippen LogP contribution in [0, 0.1) is 13.8 Å². The predicted octanol–water partition coefficient (Wildman–Crippen LogP) is 4.56. The fraction of sp³-hybridized carbons (Fsp3) is 0.250. The second-order valence-corrected chi connectivity index (χ2v) is 5.47. The summed E-state index contributed by atoms with van der Waals surface area (Å²) >= 11 is 3.45. The number of halogens is 1. The van der Waals surface area contributed by atoms with Crippen LogP contribution in [-0.4, -0.2) is 13.2 Å². The number of aryl methyl sites for hydroxylation is 2. The van der Waals surface area contributed by atoms with Crippen molar-refractivity contribution in [3.8, 4) is 5.75 Å². The molecule has 0 spiro atoms. The number of hydrogen-bond donors (Lipinski definition) is 1. The average Bonchev–Trinajstić information content (AvgIpc) is 2.39. The van der Waals surface area contributed by atoms with Crippen molar-refractivity contribution < 1.29 is 4.74 Å². The predicted molar refractivity (Wildman–Crippen MR) is 84.0 cm³/mol. The molecule has 0 aliphatic carbocycles. The smallest absolute Gasteiger partial charge is 0.122 e. The zero-order valence-electron chi connectivity index (χ0n) is 11.2. The van der Waals surface area contributed by atoms with Crippen molar-refractivity contribution in [2.24, 2.45) is 0 Å². The lowest BCUT2D eigenvalue weighted by Crippen LogP contribution is -2.11. The van der Waals surface area contributed by atoms with Crippen molar-refractivity contribution in [2.75, 3.05) is 18.5 Å². The van der Waals surface area contributed by atoms with E-state index >= 15 is 0 Å². The molecule has 2 aromatic carbocycles. The van der Waals surface area contributed by atoms with Crippen molar-refractivity contribution >= 4 is 21.6 Å². The quantitative estimate of drug-likeness (QED) is 0.816. The van der Waals surface area contributed by atoms with Crippen molar-refractivity contribution in [1.82, 2.24) is 0 Å². The van der Waals surface area contributed by atoms with Crippen LogP contribution in [0.1, 0.15) is 11.1 Å². The van der Waals surface area contributed by atoms with Gasteiger partial charge in [-0.1, -0.05) is 33.6 Å². The van der Waals surface area contributed by atoms with Gasteiger partial charge in [-0.25, -0.2) is 0 Å². The number of rotatable bonds is 5. The van der Waals surface area contributed by atoms with Gasteiger partial charge in [-0.2, -0.15) is 0 Å². The van der Waals surface area contributed by atoms with E-state index in [0.717, 1.165) is 28.0 Å². The van der Waals surface area contributed by atoms with Crippen molar-refractivity contribution in [2.45, 2.75) is 13.8 Å². The lowest BCUT2D eigenvalue weighted by atomic mass is 10.2. The Bertz CT molecular complexity index is 537. The van der Waals surface area contributed by atoms with E-state index in [1.165, 1.54) is 5.56 Å². The Kier molecular flexibility index (Phi) is 4.86. The van der Waals surface area contributed by atoms with E-state index in [9.17, 15) is 0 Å². The Labute approximate surface area is 122 Å². The van der Waals surface area contributed by atoms with Gasteiger partial charge in [0.15, 0.2) is 0 Å². The van der Waals surface area contributed by atoms with Gasteiger partial charge in [0.25, 0.3) is 0 Å². The van der Waals surface area contributed by atoms with E-state index in [4.69, 9.17) is 4.74 Å². The third-order valence-electron chi connectivity index (χ3n) is 2.88. The zero-order chi connectivity index (χ0) is 13.7. The molecule has 1 N–H and O–H groups in total. The van der Waals surface area contributed by atoms with Gasteiger partial charge in [0.2, 0.25) is 0 Å². The summed E-state index contributed by atoms with van der Waals surface area (Å²) in [5.74, 6) is 0.939. The molecule has 0 saturated heterocycles. The first-order chi connectivity index (χ1) is 9.15. The third kappa shape index (κ3) is 4.28. The van der Waals surface area contributed by atoms with E-state index in [1.807, 2.05) is 19.1 Å². The summed E-state index contributed by atoms with van der Waals surface area (Å²) in [6, 6.07) is 14.4. The summed E-state index contributed by atoms with van der Waals surface area (Å²) in [6.45, 7) is 5.58. The molecule has 0 amide bonds. The number of hydrogen-bond acceptors (Lipinski definition) is 2. The summed E-state index contributed by atoms with van der Waals surface area (Å²) in [5.41, 5.74) is 3.54. The van der Waals surface area contributed by atoms with E-state index < -0.39 is 0 Å². The van der Waals surface area contributed by atoms with Crippen LogP contribution >= 0.6 is 15.9 Å². The lowest BCUT2D eigenvalue weighted by molar-refractivity contribution is 0.330. The highest BCUT2D eigenvalue weighted by Gasteiger charge is 1.99. The molecule has 0 fully saturated rings.